The van der Waals surface area contributed by atoms with Crippen molar-refractivity contribution in [2.75, 3.05) is 0 Å². The van der Waals surface area contributed by atoms with Gasteiger partial charge in [0.1, 0.15) is 5.82 Å². The molecule has 1 heterocycles. The molecule has 1 N–H and O–H groups in total. The molecule has 0 aliphatic heterocycles. The Morgan fingerprint density at radius 1 is 1.38 bits per heavy atom. The van der Waals surface area contributed by atoms with Crippen LogP contribution in [-0.2, 0) is 10.0 Å². The molecule has 0 aliphatic carbocycles. The molecule has 114 valence electrons. The van der Waals surface area contributed by atoms with Gasteiger partial charge in [-0.25, -0.2) is 22.5 Å². The van der Waals surface area contributed by atoms with E-state index < -0.39 is 21.9 Å². The molecular formula is C13H14BrFN2O2S2. The second-order valence-corrected chi connectivity index (χ2v) is 8.37. The minimum atomic E-state index is -3.75. The summed E-state index contributed by atoms with van der Waals surface area (Å²) in [5, 5.41) is 0.886. The maximum atomic E-state index is 13.1. The van der Waals surface area contributed by atoms with Crippen molar-refractivity contribution in [2.45, 2.75) is 31.7 Å². The molecule has 2 aromatic rings. The number of hydrogen-bond donors (Lipinski definition) is 1. The summed E-state index contributed by atoms with van der Waals surface area (Å²) in [6.45, 7) is 5.48. The van der Waals surface area contributed by atoms with Gasteiger partial charge in [0.2, 0.25) is 10.0 Å². The van der Waals surface area contributed by atoms with Crippen molar-refractivity contribution in [3.05, 3.63) is 44.1 Å². The van der Waals surface area contributed by atoms with E-state index in [4.69, 9.17) is 0 Å². The maximum Gasteiger partial charge on any atom is 0.242 e. The summed E-state index contributed by atoms with van der Waals surface area (Å²) in [7, 11) is -3.75. The Kier molecular flexibility index (Phi) is 4.82. The quantitative estimate of drug-likeness (QED) is 0.862. The van der Waals surface area contributed by atoms with Gasteiger partial charge in [-0.3, -0.25) is 0 Å². The Balaban J connectivity index is 2.31. The lowest BCUT2D eigenvalue weighted by Gasteiger charge is -2.14. The van der Waals surface area contributed by atoms with E-state index in [-0.39, 0.29) is 9.37 Å². The Bertz CT molecular complexity index is 774. The van der Waals surface area contributed by atoms with Crippen LogP contribution in [0.25, 0.3) is 0 Å². The third-order valence-corrected chi connectivity index (χ3v) is 6.62. The van der Waals surface area contributed by atoms with Crippen molar-refractivity contribution in [3.8, 4) is 0 Å². The molecule has 0 aliphatic rings. The van der Waals surface area contributed by atoms with E-state index in [2.05, 4.69) is 25.6 Å². The number of sulfonamides is 1. The molecule has 0 saturated carbocycles. The minimum Gasteiger partial charge on any atom is -0.247 e. The first-order valence-electron chi connectivity index (χ1n) is 6.12. The zero-order chi connectivity index (χ0) is 15.8. The molecule has 1 atom stereocenters. The van der Waals surface area contributed by atoms with Crippen molar-refractivity contribution in [1.29, 1.82) is 0 Å². The predicted octanol–water partition coefficient (Wildman–Crippen LogP) is 3.70. The third kappa shape index (κ3) is 3.68. The fraction of sp³-hybridized carbons (Fsp3) is 0.308. The number of rotatable bonds is 4. The molecule has 0 radical (unpaired) electrons. The number of aryl methyl sites for hydroxylation is 2. The highest BCUT2D eigenvalue weighted by Crippen LogP contribution is 2.28. The summed E-state index contributed by atoms with van der Waals surface area (Å²) >= 11 is 4.53. The fourth-order valence-corrected chi connectivity index (χ4v) is 5.26. The van der Waals surface area contributed by atoms with E-state index in [0.29, 0.717) is 0 Å². The third-order valence-electron chi connectivity index (χ3n) is 2.85. The van der Waals surface area contributed by atoms with Gasteiger partial charge in [0.15, 0.2) is 0 Å². The Morgan fingerprint density at radius 3 is 2.57 bits per heavy atom. The highest BCUT2D eigenvalue weighted by Gasteiger charge is 2.23. The second-order valence-electron chi connectivity index (χ2n) is 4.60. The molecule has 8 heteroatoms. The van der Waals surface area contributed by atoms with Gasteiger partial charge in [0.05, 0.1) is 21.6 Å². The smallest absolute Gasteiger partial charge is 0.242 e. The summed E-state index contributed by atoms with van der Waals surface area (Å²) in [6, 6.07) is 3.07. The van der Waals surface area contributed by atoms with Gasteiger partial charge in [-0.2, -0.15) is 0 Å². The molecule has 21 heavy (non-hydrogen) atoms. The lowest BCUT2D eigenvalue weighted by atomic mass is 10.2. The van der Waals surface area contributed by atoms with Crippen LogP contribution in [0.1, 0.15) is 28.5 Å². The van der Waals surface area contributed by atoms with Gasteiger partial charge in [0.25, 0.3) is 0 Å². The van der Waals surface area contributed by atoms with Crippen molar-refractivity contribution in [3.63, 3.8) is 0 Å². The Morgan fingerprint density at radius 2 is 2.05 bits per heavy atom. The van der Waals surface area contributed by atoms with Crippen LogP contribution in [0.2, 0.25) is 0 Å². The number of thiazole rings is 1. The number of nitrogens with zero attached hydrogens (tertiary/aromatic N) is 1. The maximum absolute atomic E-state index is 13.1. The highest BCUT2D eigenvalue weighted by molar-refractivity contribution is 9.10. The highest BCUT2D eigenvalue weighted by atomic mass is 79.9. The Labute approximate surface area is 135 Å². The van der Waals surface area contributed by atoms with Crippen molar-refractivity contribution in [2.24, 2.45) is 0 Å². The van der Waals surface area contributed by atoms with Gasteiger partial charge in [-0.15, -0.1) is 11.3 Å². The van der Waals surface area contributed by atoms with Crippen molar-refractivity contribution < 1.29 is 12.8 Å². The Hall–Kier alpha value is -0.830. The fourth-order valence-electron chi connectivity index (χ4n) is 1.99. The molecule has 1 aromatic carbocycles. The summed E-state index contributed by atoms with van der Waals surface area (Å²) < 4.78 is 40.6. The molecule has 4 nitrogen and oxygen atoms in total. The number of halogens is 2. The lowest BCUT2D eigenvalue weighted by molar-refractivity contribution is 0.566. The van der Waals surface area contributed by atoms with Crippen LogP contribution in [0.15, 0.2) is 27.6 Å². The average molecular weight is 393 g/mol. The average Bonchev–Trinajstić information content (AvgIpc) is 2.67. The van der Waals surface area contributed by atoms with Crippen LogP contribution in [0.5, 0.6) is 0 Å². The van der Waals surface area contributed by atoms with Gasteiger partial charge >= 0.3 is 0 Å². The molecule has 0 fully saturated rings. The zero-order valence-electron chi connectivity index (χ0n) is 11.6. The van der Waals surface area contributed by atoms with Crippen LogP contribution in [0.3, 0.4) is 0 Å². The summed E-state index contributed by atoms with van der Waals surface area (Å²) in [6.07, 6.45) is 0. The van der Waals surface area contributed by atoms with Crippen LogP contribution in [-0.4, -0.2) is 13.4 Å². The molecule has 0 amide bonds. The van der Waals surface area contributed by atoms with Gasteiger partial charge < -0.3 is 0 Å². The first kappa shape index (κ1) is 16.5. The number of benzene rings is 1. The summed E-state index contributed by atoms with van der Waals surface area (Å²) in [5.74, 6) is -0.497. The van der Waals surface area contributed by atoms with Gasteiger partial charge in [0, 0.05) is 9.35 Å². The number of hydrogen-bond acceptors (Lipinski definition) is 4. The molecular weight excluding hydrogens is 379 g/mol. The molecule has 1 aromatic heterocycles. The molecule has 0 saturated heterocycles. The van der Waals surface area contributed by atoms with E-state index in [0.717, 1.165) is 27.7 Å². The minimum absolute atomic E-state index is 0.00893. The van der Waals surface area contributed by atoms with Gasteiger partial charge in [-0.1, -0.05) is 0 Å². The van der Waals surface area contributed by atoms with E-state index in [1.165, 1.54) is 17.4 Å². The second kappa shape index (κ2) is 6.12. The number of nitrogens with one attached hydrogen (secondary N) is 1. The SMILES string of the molecule is Cc1nc(C)c(C(C)NS(=O)(=O)c2ccc(F)cc2Br)s1. The largest absolute Gasteiger partial charge is 0.247 e. The monoisotopic (exact) mass is 392 g/mol. The van der Waals surface area contributed by atoms with E-state index in [9.17, 15) is 12.8 Å². The topological polar surface area (TPSA) is 59.1 Å². The van der Waals surface area contributed by atoms with Crippen LogP contribution >= 0.6 is 27.3 Å². The summed E-state index contributed by atoms with van der Waals surface area (Å²) in [5.41, 5.74) is 0.811. The van der Waals surface area contributed by atoms with Gasteiger partial charge in [-0.05, 0) is 54.9 Å². The van der Waals surface area contributed by atoms with E-state index >= 15 is 0 Å². The van der Waals surface area contributed by atoms with Crippen LogP contribution in [0.4, 0.5) is 4.39 Å². The normalized spacial score (nSPS) is 13.4. The van der Waals surface area contributed by atoms with Crippen LogP contribution in [0, 0.1) is 19.7 Å². The zero-order valence-corrected chi connectivity index (χ0v) is 14.9. The van der Waals surface area contributed by atoms with Crippen LogP contribution < -0.4 is 4.72 Å². The van der Waals surface area contributed by atoms with E-state index in [1.807, 2.05) is 13.8 Å². The predicted molar refractivity (Wildman–Crippen MR) is 84.4 cm³/mol. The first-order valence-corrected chi connectivity index (χ1v) is 9.21. The molecule has 1 unspecified atom stereocenters. The van der Waals surface area contributed by atoms with Crippen molar-refractivity contribution in [1.82, 2.24) is 9.71 Å². The summed E-state index contributed by atoms with van der Waals surface area (Å²) in [4.78, 5) is 5.17. The molecule has 0 spiro atoms. The molecule has 0 bridgehead atoms. The van der Waals surface area contributed by atoms with Crippen molar-refractivity contribution >= 4 is 37.3 Å². The molecule has 2 rings (SSSR count). The number of aromatic nitrogens is 1. The standard InChI is InChI=1S/C13H14BrFN2O2S2/c1-7-13(20-9(3)16-7)8(2)17-21(18,19)12-5-4-10(15)6-11(12)14/h4-6,8,17H,1-3H3. The first-order chi connectivity index (χ1) is 9.70. The lowest BCUT2D eigenvalue weighted by Crippen LogP contribution is -2.27. The van der Waals surface area contributed by atoms with E-state index in [1.54, 1.807) is 6.92 Å².